The highest BCUT2D eigenvalue weighted by Gasteiger charge is 2.26. The van der Waals surface area contributed by atoms with E-state index in [0.717, 1.165) is 22.9 Å². The van der Waals surface area contributed by atoms with Crippen LogP contribution >= 0.6 is 23.2 Å². The van der Waals surface area contributed by atoms with Gasteiger partial charge in [0.2, 0.25) is 10.0 Å². The number of carboxylic acids is 1. The molecule has 5 nitrogen and oxygen atoms in total. The topological polar surface area (TPSA) is 74.7 Å². The van der Waals surface area contributed by atoms with Crippen LogP contribution < -0.4 is 0 Å². The van der Waals surface area contributed by atoms with Crippen LogP contribution in [0.1, 0.15) is 30.1 Å². The molecular weight excluding hydrogens is 325 g/mol. The minimum absolute atomic E-state index is 0.0941. The highest BCUT2D eigenvalue weighted by Crippen LogP contribution is 2.30. The molecule has 0 unspecified atom stereocenters. The molecule has 1 aromatic carbocycles. The van der Waals surface area contributed by atoms with Crippen LogP contribution in [0.3, 0.4) is 0 Å². The van der Waals surface area contributed by atoms with E-state index in [1.54, 1.807) is 0 Å². The number of carbonyl (C=O) groups is 1. The zero-order valence-corrected chi connectivity index (χ0v) is 13.4. The summed E-state index contributed by atoms with van der Waals surface area (Å²) < 4.78 is 25.9. The smallest absolute Gasteiger partial charge is 0.337 e. The van der Waals surface area contributed by atoms with Gasteiger partial charge < -0.3 is 5.11 Å². The van der Waals surface area contributed by atoms with Crippen LogP contribution in [0.4, 0.5) is 0 Å². The summed E-state index contributed by atoms with van der Waals surface area (Å²) in [7, 11) is -2.41. The minimum atomic E-state index is -3.84. The van der Waals surface area contributed by atoms with Crippen LogP contribution in [-0.4, -0.2) is 37.4 Å². The zero-order chi connectivity index (χ0) is 15.5. The Hall–Kier alpha value is -0.820. The van der Waals surface area contributed by atoms with E-state index in [1.807, 2.05) is 6.92 Å². The summed E-state index contributed by atoms with van der Waals surface area (Å²) in [5, 5.41) is 8.80. The van der Waals surface area contributed by atoms with Crippen LogP contribution in [-0.2, 0) is 10.0 Å². The second-order valence-electron chi connectivity index (χ2n) is 4.25. The lowest BCUT2D eigenvalue weighted by Gasteiger charge is -2.18. The number of aromatic carboxylic acids is 1. The van der Waals surface area contributed by atoms with Gasteiger partial charge in [-0.15, -0.1) is 0 Å². The van der Waals surface area contributed by atoms with Gasteiger partial charge in [-0.3, -0.25) is 0 Å². The van der Waals surface area contributed by atoms with E-state index in [0.29, 0.717) is 13.0 Å². The summed E-state index contributed by atoms with van der Waals surface area (Å²) in [5.41, 5.74) is -0.293. The number of nitrogens with zero attached hydrogens (tertiary/aromatic N) is 1. The fourth-order valence-electron chi connectivity index (χ4n) is 1.56. The van der Waals surface area contributed by atoms with Gasteiger partial charge in [0, 0.05) is 13.6 Å². The summed E-state index contributed by atoms with van der Waals surface area (Å²) in [6.45, 7) is 2.28. The second kappa shape index (κ2) is 6.76. The summed E-state index contributed by atoms with van der Waals surface area (Å²) >= 11 is 11.6. The zero-order valence-electron chi connectivity index (χ0n) is 11.1. The van der Waals surface area contributed by atoms with Gasteiger partial charge in [0.25, 0.3) is 0 Å². The van der Waals surface area contributed by atoms with Crippen molar-refractivity contribution in [1.29, 1.82) is 0 Å². The van der Waals surface area contributed by atoms with Crippen molar-refractivity contribution in [3.05, 3.63) is 27.7 Å². The Morgan fingerprint density at radius 1 is 1.30 bits per heavy atom. The molecule has 0 amide bonds. The van der Waals surface area contributed by atoms with Gasteiger partial charge in [-0.2, -0.15) is 0 Å². The maximum absolute atomic E-state index is 12.4. The normalized spacial score (nSPS) is 11.8. The maximum Gasteiger partial charge on any atom is 0.337 e. The van der Waals surface area contributed by atoms with Crippen molar-refractivity contribution >= 4 is 39.2 Å². The molecule has 0 heterocycles. The van der Waals surface area contributed by atoms with Crippen molar-refractivity contribution in [2.45, 2.75) is 24.7 Å². The molecular formula is C12H15Cl2NO4S. The highest BCUT2D eigenvalue weighted by molar-refractivity contribution is 7.89. The molecule has 0 radical (unpaired) electrons. The Morgan fingerprint density at radius 2 is 1.90 bits per heavy atom. The molecule has 0 aliphatic heterocycles. The average Bonchev–Trinajstić information content (AvgIpc) is 2.34. The molecule has 0 saturated carbocycles. The van der Waals surface area contributed by atoms with Gasteiger partial charge in [-0.25, -0.2) is 17.5 Å². The lowest BCUT2D eigenvalue weighted by Crippen LogP contribution is -2.28. The van der Waals surface area contributed by atoms with Crippen molar-refractivity contribution in [1.82, 2.24) is 4.31 Å². The molecule has 0 spiro atoms. The van der Waals surface area contributed by atoms with Crippen molar-refractivity contribution in [3.8, 4) is 0 Å². The molecule has 8 heteroatoms. The van der Waals surface area contributed by atoms with Crippen LogP contribution in [0.25, 0.3) is 0 Å². The van der Waals surface area contributed by atoms with Crippen molar-refractivity contribution < 1.29 is 18.3 Å². The lowest BCUT2D eigenvalue weighted by atomic mass is 10.2. The molecule has 112 valence electrons. The van der Waals surface area contributed by atoms with Crippen molar-refractivity contribution in [2.24, 2.45) is 0 Å². The fourth-order valence-corrected chi connectivity index (χ4v) is 3.59. The molecule has 0 aromatic heterocycles. The third-order valence-electron chi connectivity index (χ3n) is 2.77. The van der Waals surface area contributed by atoms with E-state index in [2.05, 4.69) is 0 Å². The van der Waals surface area contributed by atoms with Gasteiger partial charge in [-0.05, 0) is 18.6 Å². The van der Waals surface area contributed by atoms with Gasteiger partial charge in [0.1, 0.15) is 4.90 Å². The predicted octanol–water partition coefficient (Wildman–Crippen LogP) is 3.11. The number of carboxylic acid groups (broad SMARTS) is 1. The summed E-state index contributed by atoms with van der Waals surface area (Å²) in [4.78, 5) is 10.8. The van der Waals surface area contributed by atoms with Crippen molar-refractivity contribution in [3.63, 3.8) is 0 Å². The molecule has 0 aliphatic carbocycles. The van der Waals surface area contributed by atoms with Gasteiger partial charge in [0.05, 0.1) is 15.6 Å². The van der Waals surface area contributed by atoms with Gasteiger partial charge in [-0.1, -0.05) is 36.5 Å². The number of halogens is 2. The maximum atomic E-state index is 12.4. The summed E-state index contributed by atoms with van der Waals surface area (Å²) in [6.07, 6.45) is 1.54. The first-order valence-electron chi connectivity index (χ1n) is 5.90. The second-order valence-corrected chi connectivity index (χ2v) is 7.08. The Kier molecular flexibility index (Phi) is 5.82. The molecule has 0 atom stereocenters. The highest BCUT2D eigenvalue weighted by atomic mass is 35.5. The van der Waals surface area contributed by atoms with Crippen molar-refractivity contribution in [2.75, 3.05) is 13.6 Å². The SMILES string of the molecule is CCCCN(C)S(=O)(=O)c1cc(C(=O)O)c(Cl)cc1Cl. The Balaban J connectivity index is 3.31. The summed E-state index contributed by atoms with van der Waals surface area (Å²) in [6, 6.07) is 2.12. The largest absolute Gasteiger partial charge is 0.478 e. The monoisotopic (exact) mass is 339 g/mol. The van der Waals surface area contributed by atoms with Crippen LogP contribution in [0.5, 0.6) is 0 Å². The lowest BCUT2D eigenvalue weighted by molar-refractivity contribution is 0.0697. The standard InChI is InChI=1S/C12H15Cl2NO4S/c1-3-4-5-15(2)20(18,19)11-6-8(12(16)17)9(13)7-10(11)14/h6-7H,3-5H2,1-2H3,(H,16,17). The minimum Gasteiger partial charge on any atom is -0.478 e. The number of rotatable bonds is 6. The molecule has 1 rings (SSSR count). The predicted molar refractivity (Wildman–Crippen MR) is 78.1 cm³/mol. The van der Waals surface area contributed by atoms with Gasteiger partial charge in [0.15, 0.2) is 0 Å². The first kappa shape index (κ1) is 17.2. The molecule has 0 saturated heterocycles. The Morgan fingerprint density at radius 3 is 2.40 bits per heavy atom. The van der Waals surface area contributed by atoms with E-state index in [1.165, 1.54) is 7.05 Å². The van der Waals surface area contributed by atoms with E-state index >= 15 is 0 Å². The number of sulfonamides is 1. The van der Waals surface area contributed by atoms with E-state index in [9.17, 15) is 13.2 Å². The van der Waals surface area contributed by atoms with Gasteiger partial charge >= 0.3 is 5.97 Å². The molecule has 1 aromatic rings. The first-order chi connectivity index (χ1) is 9.21. The van der Waals surface area contributed by atoms with Crippen LogP contribution in [0.2, 0.25) is 10.0 Å². The quantitative estimate of drug-likeness (QED) is 0.863. The number of hydrogen-bond acceptors (Lipinski definition) is 3. The number of hydrogen-bond donors (Lipinski definition) is 1. The van der Waals surface area contributed by atoms with E-state index in [4.69, 9.17) is 28.3 Å². The molecule has 1 N–H and O–H groups in total. The number of unbranched alkanes of at least 4 members (excludes halogenated alkanes) is 1. The number of benzene rings is 1. The van der Waals surface area contributed by atoms with Crippen LogP contribution in [0, 0.1) is 0 Å². The third kappa shape index (κ3) is 3.63. The van der Waals surface area contributed by atoms with E-state index < -0.39 is 16.0 Å². The Bertz CT molecular complexity index is 616. The van der Waals surface area contributed by atoms with E-state index in [-0.39, 0.29) is 20.5 Å². The summed E-state index contributed by atoms with van der Waals surface area (Å²) in [5.74, 6) is -1.31. The van der Waals surface area contributed by atoms with Crippen LogP contribution in [0.15, 0.2) is 17.0 Å². The molecule has 0 aliphatic rings. The average molecular weight is 340 g/mol. The fraction of sp³-hybridized carbons (Fsp3) is 0.417. The third-order valence-corrected chi connectivity index (χ3v) is 5.40. The molecule has 0 bridgehead atoms. The molecule has 20 heavy (non-hydrogen) atoms. The first-order valence-corrected chi connectivity index (χ1v) is 8.10. The molecule has 0 fully saturated rings. The Labute approximate surface area is 128 Å².